The van der Waals surface area contributed by atoms with Crippen molar-refractivity contribution in [3.63, 3.8) is 0 Å². The van der Waals surface area contributed by atoms with Gasteiger partial charge in [-0.15, -0.1) is 11.3 Å². The van der Waals surface area contributed by atoms with E-state index in [1.807, 2.05) is 32.9 Å². The Kier molecular flexibility index (Phi) is 4.23. The number of nitrogen functional groups attached to an aromatic ring is 1. The second-order valence-electron chi connectivity index (χ2n) is 5.92. The predicted octanol–water partition coefficient (Wildman–Crippen LogP) is 4.65. The van der Waals surface area contributed by atoms with E-state index in [0.717, 1.165) is 10.4 Å². The molecule has 0 spiro atoms. The van der Waals surface area contributed by atoms with Crippen LogP contribution in [0.15, 0.2) is 29.6 Å². The van der Waals surface area contributed by atoms with E-state index in [0.29, 0.717) is 11.4 Å². The zero-order valence-electron chi connectivity index (χ0n) is 12.7. The summed E-state index contributed by atoms with van der Waals surface area (Å²) in [4.78, 5) is 12.9. The maximum atomic E-state index is 11.8. The van der Waals surface area contributed by atoms with Gasteiger partial charge in [0.2, 0.25) is 0 Å². The van der Waals surface area contributed by atoms with Crippen molar-refractivity contribution in [2.45, 2.75) is 33.3 Å². The number of rotatable bonds is 2. The van der Waals surface area contributed by atoms with Gasteiger partial charge in [0.25, 0.3) is 0 Å². The number of aryl methyl sites for hydroxylation is 1. The molecule has 4 nitrogen and oxygen atoms in total. The molecule has 0 bridgehead atoms. The van der Waals surface area contributed by atoms with E-state index in [9.17, 15) is 4.79 Å². The van der Waals surface area contributed by atoms with E-state index < -0.39 is 11.7 Å². The summed E-state index contributed by atoms with van der Waals surface area (Å²) in [6.45, 7) is 7.51. The summed E-state index contributed by atoms with van der Waals surface area (Å²) >= 11 is 1.67. The lowest BCUT2D eigenvalue weighted by molar-refractivity contribution is 0.0636. The molecule has 112 valence electrons. The number of amides is 1. The van der Waals surface area contributed by atoms with Gasteiger partial charge in [-0.3, -0.25) is 5.32 Å². The van der Waals surface area contributed by atoms with Gasteiger partial charge in [0, 0.05) is 4.88 Å². The molecular weight excluding hydrogens is 284 g/mol. The van der Waals surface area contributed by atoms with Crippen molar-refractivity contribution in [3.05, 3.63) is 35.2 Å². The first-order valence-electron chi connectivity index (χ1n) is 6.69. The molecule has 1 heterocycles. The number of anilines is 2. The maximum Gasteiger partial charge on any atom is 0.412 e. The molecule has 0 unspecified atom stereocenters. The minimum atomic E-state index is -0.534. The molecule has 0 saturated carbocycles. The summed E-state index contributed by atoms with van der Waals surface area (Å²) in [5, 5.41) is 4.76. The Labute approximate surface area is 128 Å². The number of carbonyl (C=O) groups excluding carboxylic acids is 1. The average molecular weight is 304 g/mol. The molecule has 0 atom stereocenters. The Bertz CT molecular complexity index is 657. The molecule has 0 saturated heterocycles. The summed E-state index contributed by atoms with van der Waals surface area (Å²) in [6, 6.07) is 7.70. The SMILES string of the molecule is Cc1csc(-c2ccc(NC(=O)OC(C)(C)C)c(N)c2)c1. The molecule has 0 radical (unpaired) electrons. The summed E-state index contributed by atoms with van der Waals surface area (Å²) in [7, 11) is 0. The maximum absolute atomic E-state index is 11.8. The van der Waals surface area contributed by atoms with Crippen LogP contribution in [0.2, 0.25) is 0 Å². The van der Waals surface area contributed by atoms with Gasteiger partial charge in [-0.05, 0) is 62.4 Å². The van der Waals surface area contributed by atoms with Crippen molar-refractivity contribution in [3.8, 4) is 10.4 Å². The molecule has 0 aliphatic carbocycles. The van der Waals surface area contributed by atoms with Gasteiger partial charge >= 0.3 is 6.09 Å². The Morgan fingerprint density at radius 1 is 1.29 bits per heavy atom. The standard InChI is InChI=1S/C16H20N2O2S/c1-10-7-14(21-9-10)11-5-6-13(12(17)8-11)18-15(19)20-16(2,3)4/h5-9H,17H2,1-4H3,(H,18,19). The van der Waals surface area contributed by atoms with Gasteiger partial charge in [0.15, 0.2) is 0 Å². The highest BCUT2D eigenvalue weighted by Crippen LogP contribution is 2.31. The summed E-state index contributed by atoms with van der Waals surface area (Å²) in [5.74, 6) is 0. The third kappa shape index (κ3) is 4.23. The fourth-order valence-electron chi connectivity index (χ4n) is 1.83. The number of hydrogen-bond acceptors (Lipinski definition) is 4. The van der Waals surface area contributed by atoms with E-state index >= 15 is 0 Å². The molecule has 21 heavy (non-hydrogen) atoms. The van der Waals surface area contributed by atoms with Gasteiger partial charge < -0.3 is 10.5 Å². The van der Waals surface area contributed by atoms with Crippen molar-refractivity contribution in [1.29, 1.82) is 0 Å². The van der Waals surface area contributed by atoms with Crippen LogP contribution >= 0.6 is 11.3 Å². The van der Waals surface area contributed by atoms with Gasteiger partial charge in [-0.25, -0.2) is 4.79 Å². The first kappa shape index (κ1) is 15.4. The van der Waals surface area contributed by atoms with Crippen LogP contribution in [-0.2, 0) is 4.74 Å². The summed E-state index contributed by atoms with van der Waals surface area (Å²) in [5.41, 5.74) is 8.82. The van der Waals surface area contributed by atoms with E-state index in [4.69, 9.17) is 10.5 Å². The summed E-state index contributed by atoms with van der Waals surface area (Å²) in [6.07, 6.45) is -0.506. The fourth-order valence-corrected chi connectivity index (χ4v) is 2.72. The van der Waals surface area contributed by atoms with Crippen molar-refractivity contribution < 1.29 is 9.53 Å². The average Bonchev–Trinajstić information content (AvgIpc) is 2.76. The van der Waals surface area contributed by atoms with Crippen LogP contribution < -0.4 is 11.1 Å². The van der Waals surface area contributed by atoms with Crippen molar-refractivity contribution in [1.82, 2.24) is 0 Å². The zero-order valence-corrected chi connectivity index (χ0v) is 13.5. The number of nitrogens with two attached hydrogens (primary N) is 1. The quantitative estimate of drug-likeness (QED) is 0.794. The largest absolute Gasteiger partial charge is 0.444 e. The minimum Gasteiger partial charge on any atom is -0.444 e. The topological polar surface area (TPSA) is 64.3 Å². The monoisotopic (exact) mass is 304 g/mol. The number of hydrogen-bond donors (Lipinski definition) is 2. The van der Waals surface area contributed by atoms with Gasteiger partial charge in [0.05, 0.1) is 11.4 Å². The molecule has 2 aromatic rings. The first-order valence-corrected chi connectivity index (χ1v) is 7.57. The molecule has 5 heteroatoms. The Balaban J connectivity index is 2.15. The van der Waals surface area contributed by atoms with Gasteiger partial charge in [0.1, 0.15) is 5.60 Å². The first-order chi connectivity index (χ1) is 9.74. The predicted molar refractivity (Wildman–Crippen MR) is 88.8 cm³/mol. The second kappa shape index (κ2) is 5.77. The van der Waals surface area contributed by atoms with E-state index in [-0.39, 0.29) is 0 Å². The number of benzene rings is 1. The molecule has 0 aliphatic rings. The molecule has 1 aromatic carbocycles. The molecule has 0 fully saturated rings. The fraction of sp³-hybridized carbons (Fsp3) is 0.312. The summed E-state index contributed by atoms with van der Waals surface area (Å²) < 4.78 is 5.21. The van der Waals surface area contributed by atoms with Gasteiger partial charge in [-0.2, -0.15) is 0 Å². The number of nitrogens with one attached hydrogen (secondary N) is 1. The van der Waals surface area contributed by atoms with Crippen LogP contribution in [-0.4, -0.2) is 11.7 Å². The molecule has 2 rings (SSSR count). The molecule has 1 aromatic heterocycles. The van der Waals surface area contributed by atoms with Crippen LogP contribution in [0.1, 0.15) is 26.3 Å². The van der Waals surface area contributed by atoms with Crippen molar-refractivity contribution >= 4 is 28.8 Å². The highest BCUT2D eigenvalue weighted by molar-refractivity contribution is 7.13. The number of thiophene rings is 1. The molecule has 0 aliphatic heterocycles. The van der Waals surface area contributed by atoms with Crippen LogP contribution in [0.4, 0.5) is 16.2 Å². The Morgan fingerprint density at radius 2 is 2.00 bits per heavy atom. The van der Waals surface area contributed by atoms with Crippen LogP contribution in [0.3, 0.4) is 0 Å². The third-order valence-electron chi connectivity index (χ3n) is 2.70. The number of carbonyl (C=O) groups is 1. The van der Waals surface area contributed by atoms with Gasteiger partial charge in [-0.1, -0.05) is 6.07 Å². The molecular formula is C16H20N2O2S. The van der Waals surface area contributed by atoms with Crippen LogP contribution in [0.5, 0.6) is 0 Å². The lowest BCUT2D eigenvalue weighted by Gasteiger charge is -2.20. The van der Waals surface area contributed by atoms with Crippen LogP contribution in [0, 0.1) is 6.92 Å². The Morgan fingerprint density at radius 3 is 2.52 bits per heavy atom. The number of ether oxygens (including phenoxy) is 1. The zero-order chi connectivity index (χ0) is 15.6. The molecule has 1 amide bonds. The lowest BCUT2D eigenvalue weighted by atomic mass is 10.1. The van der Waals surface area contributed by atoms with E-state index in [2.05, 4.69) is 23.7 Å². The van der Waals surface area contributed by atoms with Crippen molar-refractivity contribution in [2.24, 2.45) is 0 Å². The van der Waals surface area contributed by atoms with Crippen molar-refractivity contribution in [2.75, 3.05) is 11.1 Å². The molecule has 3 N–H and O–H groups in total. The normalized spacial score (nSPS) is 11.2. The second-order valence-corrected chi connectivity index (χ2v) is 6.83. The minimum absolute atomic E-state index is 0.506. The lowest BCUT2D eigenvalue weighted by Crippen LogP contribution is -2.27. The Hall–Kier alpha value is -2.01. The highest BCUT2D eigenvalue weighted by atomic mass is 32.1. The smallest absolute Gasteiger partial charge is 0.412 e. The third-order valence-corrected chi connectivity index (χ3v) is 3.80. The van der Waals surface area contributed by atoms with E-state index in [1.54, 1.807) is 17.4 Å². The highest BCUT2D eigenvalue weighted by Gasteiger charge is 2.17. The van der Waals surface area contributed by atoms with Crippen LogP contribution in [0.25, 0.3) is 10.4 Å². The van der Waals surface area contributed by atoms with E-state index in [1.165, 1.54) is 5.56 Å².